The molecular weight excluding hydrogens is 236 g/mol. The first-order valence-electron chi connectivity index (χ1n) is 5.23. The summed E-state index contributed by atoms with van der Waals surface area (Å²) in [7, 11) is -3.31. The third-order valence-corrected chi connectivity index (χ3v) is 4.63. The summed E-state index contributed by atoms with van der Waals surface area (Å²) in [4.78, 5) is 0. The fourth-order valence-corrected chi connectivity index (χ4v) is 4.07. The fourth-order valence-electron chi connectivity index (χ4n) is 3.04. The summed E-state index contributed by atoms with van der Waals surface area (Å²) in [6, 6.07) is 0. The van der Waals surface area contributed by atoms with E-state index in [0.717, 1.165) is 13.1 Å². The molecule has 0 radical (unpaired) electrons. The quantitative estimate of drug-likeness (QED) is 0.753. The van der Waals surface area contributed by atoms with Gasteiger partial charge in [0, 0.05) is 6.54 Å². The van der Waals surface area contributed by atoms with Gasteiger partial charge in [-0.05, 0) is 30.7 Å². The van der Waals surface area contributed by atoms with Crippen molar-refractivity contribution in [2.24, 2.45) is 16.5 Å². The van der Waals surface area contributed by atoms with Crippen molar-refractivity contribution in [3.8, 4) is 0 Å². The SMILES string of the molecule is Cl.NS(=O)(=O)CC1CNCC12CCCC2. The molecule has 0 amide bonds. The maximum atomic E-state index is 11.1. The number of hydrogen-bond acceptors (Lipinski definition) is 3. The van der Waals surface area contributed by atoms with Crippen molar-refractivity contribution in [3.05, 3.63) is 0 Å². The van der Waals surface area contributed by atoms with Crippen LogP contribution in [0.2, 0.25) is 0 Å². The van der Waals surface area contributed by atoms with E-state index in [1.54, 1.807) is 0 Å². The molecule has 0 aromatic heterocycles. The molecule has 15 heavy (non-hydrogen) atoms. The summed E-state index contributed by atoms with van der Waals surface area (Å²) in [5.41, 5.74) is 0.242. The lowest BCUT2D eigenvalue weighted by Crippen LogP contribution is -2.34. The van der Waals surface area contributed by atoms with Crippen molar-refractivity contribution in [2.75, 3.05) is 18.8 Å². The number of nitrogens with two attached hydrogens (primary N) is 1. The van der Waals surface area contributed by atoms with Gasteiger partial charge in [0.25, 0.3) is 0 Å². The van der Waals surface area contributed by atoms with Gasteiger partial charge in [-0.3, -0.25) is 0 Å². The predicted molar refractivity (Wildman–Crippen MR) is 62.5 cm³/mol. The number of primary sulfonamides is 1. The average molecular weight is 255 g/mol. The van der Waals surface area contributed by atoms with Crippen molar-refractivity contribution in [2.45, 2.75) is 25.7 Å². The number of halogens is 1. The first kappa shape index (κ1) is 13.2. The minimum Gasteiger partial charge on any atom is -0.316 e. The van der Waals surface area contributed by atoms with Gasteiger partial charge in [-0.2, -0.15) is 0 Å². The third kappa shape index (κ3) is 2.84. The van der Waals surface area contributed by atoms with E-state index in [9.17, 15) is 8.42 Å². The maximum Gasteiger partial charge on any atom is 0.209 e. The molecule has 0 aromatic carbocycles. The lowest BCUT2D eigenvalue weighted by molar-refractivity contribution is 0.252. The summed E-state index contributed by atoms with van der Waals surface area (Å²) in [5.74, 6) is 0.389. The molecule has 1 atom stereocenters. The standard InChI is InChI=1S/C9H18N2O2S.ClH/c10-14(12,13)6-8-5-11-7-9(8)3-1-2-4-9;/h8,11H,1-7H2,(H2,10,12,13);1H. The number of hydrogen-bond donors (Lipinski definition) is 2. The summed E-state index contributed by atoms with van der Waals surface area (Å²) >= 11 is 0. The highest BCUT2D eigenvalue weighted by Crippen LogP contribution is 2.46. The second-order valence-electron chi connectivity index (χ2n) is 4.73. The molecule has 0 bridgehead atoms. The van der Waals surface area contributed by atoms with Crippen LogP contribution in [0, 0.1) is 11.3 Å². The van der Waals surface area contributed by atoms with Gasteiger partial charge in [-0.1, -0.05) is 12.8 Å². The number of rotatable bonds is 2. The Morgan fingerprint density at radius 3 is 2.47 bits per heavy atom. The lowest BCUT2D eigenvalue weighted by Gasteiger charge is -2.29. The first-order valence-corrected chi connectivity index (χ1v) is 6.95. The van der Waals surface area contributed by atoms with E-state index >= 15 is 0 Å². The fraction of sp³-hybridized carbons (Fsp3) is 1.00. The molecule has 1 saturated heterocycles. The zero-order valence-electron chi connectivity index (χ0n) is 8.74. The van der Waals surface area contributed by atoms with Crippen LogP contribution in [-0.2, 0) is 10.0 Å². The molecule has 0 aromatic rings. The molecule has 1 heterocycles. The van der Waals surface area contributed by atoms with Crippen LogP contribution >= 0.6 is 12.4 Å². The highest BCUT2D eigenvalue weighted by molar-refractivity contribution is 7.89. The van der Waals surface area contributed by atoms with Gasteiger partial charge in [0.1, 0.15) is 0 Å². The molecule has 2 fully saturated rings. The number of sulfonamides is 1. The van der Waals surface area contributed by atoms with Crippen LogP contribution in [0.5, 0.6) is 0 Å². The Kier molecular flexibility index (Phi) is 4.03. The Morgan fingerprint density at radius 1 is 1.33 bits per heavy atom. The topological polar surface area (TPSA) is 72.2 Å². The third-order valence-electron chi connectivity index (χ3n) is 3.77. The molecule has 6 heteroatoms. The molecule has 1 unspecified atom stereocenters. The Morgan fingerprint density at radius 2 is 1.93 bits per heavy atom. The van der Waals surface area contributed by atoms with Crippen LogP contribution in [0.15, 0.2) is 0 Å². The predicted octanol–water partition coefficient (Wildman–Crippen LogP) is 0.476. The molecule has 1 spiro atoms. The van der Waals surface area contributed by atoms with Gasteiger partial charge >= 0.3 is 0 Å². The molecule has 1 aliphatic heterocycles. The minimum atomic E-state index is -3.31. The molecule has 2 rings (SSSR count). The lowest BCUT2D eigenvalue weighted by atomic mass is 9.77. The molecule has 2 aliphatic rings. The van der Waals surface area contributed by atoms with Crippen molar-refractivity contribution < 1.29 is 8.42 Å². The van der Waals surface area contributed by atoms with E-state index in [1.807, 2.05) is 0 Å². The summed E-state index contributed by atoms with van der Waals surface area (Å²) < 4.78 is 22.2. The van der Waals surface area contributed by atoms with E-state index in [-0.39, 0.29) is 29.5 Å². The smallest absolute Gasteiger partial charge is 0.209 e. The van der Waals surface area contributed by atoms with Gasteiger partial charge in [0.2, 0.25) is 10.0 Å². The van der Waals surface area contributed by atoms with Crippen molar-refractivity contribution in [1.82, 2.24) is 5.32 Å². The van der Waals surface area contributed by atoms with Crippen molar-refractivity contribution >= 4 is 22.4 Å². The molecule has 90 valence electrons. The van der Waals surface area contributed by atoms with Crippen molar-refractivity contribution in [1.29, 1.82) is 0 Å². The summed E-state index contributed by atoms with van der Waals surface area (Å²) in [6.07, 6.45) is 4.81. The molecule has 1 saturated carbocycles. The van der Waals surface area contributed by atoms with Gasteiger partial charge in [0.15, 0.2) is 0 Å². The van der Waals surface area contributed by atoms with Crippen LogP contribution in [0.3, 0.4) is 0 Å². The molecule has 3 N–H and O–H groups in total. The van der Waals surface area contributed by atoms with Gasteiger partial charge < -0.3 is 5.32 Å². The van der Waals surface area contributed by atoms with E-state index in [4.69, 9.17) is 5.14 Å². The first-order chi connectivity index (χ1) is 6.52. The van der Waals surface area contributed by atoms with Crippen LogP contribution in [-0.4, -0.2) is 27.3 Å². The zero-order chi connectivity index (χ0) is 10.2. The highest BCUT2D eigenvalue weighted by Gasteiger charge is 2.45. The number of nitrogens with one attached hydrogen (secondary N) is 1. The normalized spacial score (nSPS) is 29.3. The second kappa shape index (κ2) is 4.57. The van der Waals surface area contributed by atoms with E-state index < -0.39 is 10.0 Å². The van der Waals surface area contributed by atoms with Gasteiger partial charge in [-0.25, -0.2) is 13.6 Å². The van der Waals surface area contributed by atoms with Crippen LogP contribution < -0.4 is 10.5 Å². The van der Waals surface area contributed by atoms with Gasteiger partial charge in [-0.15, -0.1) is 12.4 Å². The van der Waals surface area contributed by atoms with Crippen LogP contribution in [0.25, 0.3) is 0 Å². The van der Waals surface area contributed by atoms with Crippen LogP contribution in [0.1, 0.15) is 25.7 Å². The largest absolute Gasteiger partial charge is 0.316 e. The molecular formula is C9H19ClN2O2S. The second-order valence-corrected chi connectivity index (χ2v) is 6.39. The Balaban J connectivity index is 0.00000112. The van der Waals surface area contributed by atoms with E-state index in [1.165, 1.54) is 25.7 Å². The Bertz CT molecular complexity index is 307. The molecule has 4 nitrogen and oxygen atoms in total. The van der Waals surface area contributed by atoms with E-state index in [0.29, 0.717) is 0 Å². The average Bonchev–Trinajstić information content (AvgIpc) is 2.62. The summed E-state index contributed by atoms with van der Waals surface area (Å²) in [5, 5.41) is 8.42. The monoisotopic (exact) mass is 254 g/mol. The minimum absolute atomic E-state index is 0. The van der Waals surface area contributed by atoms with Crippen molar-refractivity contribution in [3.63, 3.8) is 0 Å². The Labute approximate surface area is 97.5 Å². The zero-order valence-corrected chi connectivity index (χ0v) is 10.4. The van der Waals surface area contributed by atoms with E-state index in [2.05, 4.69) is 5.32 Å². The highest BCUT2D eigenvalue weighted by atomic mass is 35.5. The van der Waals surface area contributed by atoms with Gasteiger partial charge in [0.05, 0.1) is 5.75 Å². The molecule has 1 aliphatic carbocycles. The van der Waals surface area contributed by atoms with Crippen LogP contribution in [0.4, 0.5) is 0 Å². The Hall–Kier alpha value is 0.160. The summed E-state index contributed by atoms with van der Waals surface area (Å²) in [6.45, 7) is 1.80. The maximum absolute atomic E-state index is 11.1.